The van der Waals surface area contributed by atoms with Gasteiger partial charge < -0.3 is 0 Å². The molecule has 92 valence electrons. The predicted octanol–water partition coefficient (Wildman–Crippen LogP) is 3.47. The van der Waals surface area contributed by atoms with Crippen molar-refractivity contribution in [3.05, 3.63) is 56.7 Å². The maximum Gasteiger partial charge on any atom is 0.271 e. The number of carbonyl (C=O) groups is 1. The molecule has 1 heterocycles. The number of amides is 1. The van der Waals surface area contributed by atoms with E-state index in [0.29, 0.717) is 10.6 Å². The van der Waals surface area contributed by atoms with Crippen molar-refractivity contribution >= 4 is 35.1 Å². The van der Waals surface area contributed by atoms with Gasteiger partial charge in [0.25, 0.3) is 5.91 Å². The first-order valence-electron chi connectivity index (χ1n) is 5.30. The molecule has 0 saturated carbocycles. The fraction of sp³-hybridized carbons (Fsp3) is 0.0769. The summed E-state index contributed by atoms with van der Waals surface area (Å²) in [6, 6.07) is 10.7. The third-order valence-corrected chi connectivity index (χ3v) is 3.38. The molecule has 18 heavy (non-hydrogen) atoms. The number of hydrogen-bond donors (Lipinski definition) is 1. The number of halogens is 1. The van der Waals surface area contributed by atoms with E-state index < -0.39 is 0 Å². The molecule has 3 nitrogen and oxygen atoms in total. The van der Waals surface area contributed by atoms with Crippen LogP contribution in [0.4, 0.5) is 0 Å². The van der Waals surface area contributed by atoms with Gasteiger partial charge in [0, 0.05) is 20.3 Å². The van der Waals surface area contributed by atoms with Crippen molar-refractivity contribution in [3.63, 3.8) is 0 Å². The van der Waals surface area contributed by atoms with Gasteiger partial charge in [-0.1, -0.05) is 17.7 Å². The molecule has 0 saturated heterocycles. The molecule has 0 atom stereocenters. The summed E-state index contributed by atoms with van der Waals surface area (Å²) in [5, 5.41) is 4.43. The van der Waals surface area contributed by atoms with Crippen molar-refractivity contribution in [2.24, 2.45) is 5.10 Å². The van der Waals surface area contributed by atoms with Gasteiger partial charge >= 0.3 is 0 Å². The molecule has 0 aliphatic heterocycles. The summed E-state index contributed by atoms with van der Waals surface area (Å²) in [4.78, 5) is 13.9. The van der Waals surface area contributed by atoms with Crippen molar-refractivity contribution in [2.45, 2.75) is 6.92 Å². The SMILES string of the molecule is Cc1ccc(/C=N\NC(=O)c2cccc(Cl)c2)s1. The molecule has 0 aliphatic carbocycles. The number of nitrogens with zero attached hydrogens (tertiary/aromatic N) is 1. The van der Waals surface area contributed by atoms with Crippen molar-refractivity contribution in [1.29, 1.82) is 0 Å². The molecule has 2 rings (SSSR count). The molecule has 1 amide bonds. The van der Waals surface area contributed by atoms with Crippen molar-refractivity contribution in [3.8, 4) is 0 Å². The lowest BCUT2D eigenvalue weighted by molar-refractivity contribution is 0.0955. The second-order valence-electron chi connectivity index (χ2n) is 3.66. The lowest BCUT2D eigenvalue weighted by atomic mass is 10.2. The van der Waals surface area contributed by atoms with E-state index in [1.54, 1.807) is 41.8 Å². The van der Waals surface area contributed by atoms with E-state index in [9.17, 15) is 4.79 Å². The first kappa shape index (κ1) is 12.8. The number of benzene rings is 1. The Balaban J connectivity index is 1.98. The van der Waals surface area contributed by atoms with Crippen molar-refractivity contribution < 1.29 is 4.79 Å². The van der Waals surface area contributed by atoms with Crippen LogP contribution in [-0.4, -0.2) is 12.1 Å². The van der Waals surface area contributed by atoms with Crippen LogP contribution in [0.2, 0.25) is 5.02 Å². The molecule has 0 unspecified atom stereocenters. The van der Waals surface area contributed by atoms with E-state index in [2.05, 4.69) is 10.5 Å². The first-order chi connectivity index (χ1) is 8.65. The van der Waals surface area contributed by atoms with Crippen LogP contribution in [0.25, 0.3) is 0 Å². The van der Waals surface area contributed by atoms with Gasteiger partial charge in [-0.3, -0.25) is 4.79 Å². The van der Waals surface area contributed by atoms with Crippen LogP contribution in [-0.2, 0) is 0 Å². The average Bonchev–Trinajstić information content (AvgIpc) is 2.75. The molecule has 0 radical (unpaired) electrons. The number of aryl methyl sites for hydroxylation is 1. The van der Waals surface area contributed by atoms with E-state index in [-0.39, 0.29) is 5.91 Å². The topological polar surface area (TPSA) is 41.5 Å². The summed E-state index contributed by atoms with van der Waals surface area (Å²) in [7, 11) is 0. The maximum atomic E-state index is 11.7. The molecule has 5 heteroatoms. The van der Waals surface area contributed by atoms with Crippen LogP contribution < -0.4 is 5.43 Å². The van der Waals surface area contributed by atoms with Gasteiger partial charge in [-0.25, -0.2) is 5.43 Å². The highest BCUT2D eigenvalue weighted by molar-refractivity contribution is 7.13. The second kappa shape index (κ2) is 5.80. The van der Waals surface area contributed by atoms with Crippen molar-refractivity contribution in [1.82, 2.24) is 5.43 Å². The maximum absolute atomic E-state index is 11.7. The minimum Gasteiger partial charge on any atom is -0.267 e. The Morgan fingerprint density at radius 2 is 2.22 bits per heavy atom. The van der Waals surface area contributed by atoms with Crippen molar-refractivity contribution in [2.75, 3.05) is 0 Å². The van der Waals surface area contributed by atoms with Gasteiger partial charge in [0.2, 0.25) is 0 Å². The molecular formula is C13H11ClN2OS. The number of nitrogens with one attached hydrogen (secondary N) is 1. The van der Waals surface area contributed by atoms with Gasteiger partial charge in [-0.2, -0.15) is 5.10 Å². The molecule has 1 aromatic heterocycles. The Bertz CT molecular complexity index is 592. The summed E-state index contributed by atoms with van der Waals surface area (Å²) in [6.07, 6.45) is 1.63. The zero-order valence-corrected chi connectivity index (χ0v) is 11.3. The highest BCUT2D eigenvalue weighted by Crippen LogP contribution is 2.12. The van der Waals surface area contributed by atoms with Crippen LogP contribution in [0, 0.1) is 6.92 Å². The zero-order valence-electron chi connectivity index (χ0n) is 9.68. The summed E-state index contributed by atoms with van der Waals surface area (Å²) < 4.78 is 0. The first-order valence-corrected chi connectivity index (χ1v) is 6.50. The Labute approximate surface area is 114 Å². The molecule has 0 aliphatic rings. The highest BCUT2D eigenvalue weighted by Gasteiger charge is 2.03. The van der Waals surface area contributed by atoms with E-state index in [1.807, 2.05) is 19.1 Å². The largest absolute Gasteiger partial charge is 0.271 e. The Morgan fingerprint density at radius 3 is 2.89 bits per heavy atom. The summed E-state index contributed by atoms with van der Waals surface area (Å²) >= 11 is 7.42. The molecular weight excluding hydrogens is 268 g/mol. The van der Waals surface area contributed by atoms with Crippen LogP contribution in [0.1, 0.15) is 20.1 Å². The normalized spacial score (nSPS) is 10.8. The molecule has 0 bridgehead atoms. The minimum atomic E-state index is -0.276. The Hall–Kier alpha value is -1.65. The van der Waals surface area contributed by atoms with Gasteiger partial charge in [-0.05, 0) is 37.3 Å². The van der Waals surface area contributed by atoms with Crippen LogP contribution in [0.15, 0.2) is 41.5 Å². The third-order valence-electron chi connectivity index (χ3n) is 2.21. The standard InChI is InChI=1S/C13H11ClN2OS/c1-9-5-6-12(18-9)8-15-16-13(17)10-3-2-4-11(14)7-10/h2-8H,1H3,(H,16,17)/b15-8-. The summed E-state index contributed by atoms with van der Waals surface area (Å²) in [5.74, 6) is -0.276. The fourth-order valence-corrected chi connectivity index (χ4v) is 2.31. The number of hydrazone groups is 1. The lowest BCUT2D eigenvalue weighted by Crippen LogP contribution is -2.17. The van der Waals surface area contributed by atoms with E-state index in [1.165, 1.54) is 4.88 Å². The van der Waals surface area contributed by atoms with Crippen LogP contribution >= 0.6 is 22.9 Å². The van der Waals surface area contributed by atoms with Gasteiger partial charge in [0.1, 0.15) is 0 Å². The Kier molecular flexibility index (Phi) is 4.12. The fourth-order valence-electron chi connectivity index (χ4n) is 1.37. The molecule has 2 aromatic rings. The molecule has 0 spiro atoms. The predicted molar refractivity (Wildman–Crippen MR) is 75.6 cm³/mol. The minimum absolute atomic E-state index is 0.276. The molecule has 1 N–H and O–H groups in total. The molecule has 1 aromatic carbocycles. The monoisotopic (exact) mass is 278 g/mol. The number of carbonyl (C=O) groups excluding carboxylic acids is 1. The van der Waals surface area contributed by atoms with Crippen LogP contribution in [0.3, 0.4) is 0 Å². The summed E-state index contributed by atoms with van der Waals surface area (Å²) in [6.45, 7) is 2.02. The molecule has 0 fully saturated rings. The van der Waals surface area contributed by atoms with Crippen LogP contribution in [0.5, 0.6) is 0 Å². The smallest absolute Gasteiger partial charge is 0.267 e. The van der Waals surface area contributed by atoms with E-state index >= 15 is 0 Å². The number of thiophene rings is 1. The summed E-state index contributed by atoms with van der Waals surface area (Å²) in [5.41, 5.74) is 2.95. The third kappa shape index (κ3) is 3.42. The lowest BCUT2D eigenvalue weighted by Gasteiger charge is -1.99. The van der Waals surface area contributed by atoms with E-state index in [4.69, 9.17) is 11.6 Å². The quantitative estimate of drug-likeness (QED) is 0.678. The van der Waals surface area contributed by atoms with E-state index in [0.717, 1.165) is 4.88 Å². The Morgan fingerprint density at radius 1 is 1.39 bits per heavy atom. The number of hydrogen-bond acceptors (Lipinski definition) is 3. The zero-order chi connectivity index (χ0) is 13.0. The van der Waals surface area contributed by atoms with Gasteiger partial charge in [0.15, 0.2) is 0 Å². The van der Waals surface area contributed by atoms with Gasteiger partial charge in [0.05, 0.1) is 6.21 Å². The average molecular weight is 279 g/mol. The highest BCUT2D eigenvalue weighted by atomic mass is 35.5. The van der Waals surface area contributed by atoms with Gasteiger partial charge in [-0.15, -0.1) is 11.3 Å². The number of rotatable bonds is 3. The second-order valence-corrected chi connectivity index (χ2v) is 5.41.